The molecule has 1 aromatic carbocycles. The highest BCUT2D eigenvalue weighted by atomic mass is 19.4. The van der Waals surface area contributed by atoms with Crippen molar-refractivity contribution in [2.45, 2.75) is 32.5 Å². The number of hydrogen-bond acceptors (Lipinski definition) is 5. The SMILES string of the molecule is CN(C)C=NC(=O)c1c(N(C)C(=O)OC(C)(C)C)c2ccc(C(F)(F)F)nc2n(-c2ccccc2)c1=O. The number of hydrogen-bond donors (Lipinski definition) is 0. The van der Waals surface area contributed by atoms with E-state index in [0.29, 0.717) is 6.07 Å². The van der Waals surface area contributed by atoms with E-state index in [4.69, 9.17) is 4.74 Å². The van der Waals surface area contributed by atoms with Gasteiger partial charge in [-0.05, 0) is 45.0 Å². The molecule has 0 atom stereocenters. The summed E-state index contributed by atoms with van der Waals surface area (Å²) >= 11 is 0. The first-order valence-corrected chi connectivity index (χ1v) is 11.1. The number of para-hydroxylation sites is 1. The number of nitrogens with zero attached hydrogens (tertiary/aromatic N) is 5. The van der Waals surface area contributed by atoms with E-state index < -0.39 is 46.2 Å². The van der Waals surface area contributed by atoms with Crippen molar-refractivity contribution < 1.29 is 27.5 Å². The molecule has 12 heteroatoms. The number of ether oxygens (including phenoxy) is 1. The summed E-state index contributed by atoms with van der Waals surface area (Å²) in [6.07, 6.45) is -4.58. The Morgan fingerprint density at radius 1 is 1.03 bits per heavy atom. The van der Waals surface area contributed by atoms with Gasteiger partial charge in [-0.1, -0.05) is 18.2 Å². The van der Waals surface area contributed by atoms with Gasteiger partial charge in [0, 0.05) is 26.5 Å². The van der Waals surface area contributed by atoms with Crippen LogP contribution in [0.15, 0.2) is 52.3 Å². The molecule has 0 spiro atoms. The molecule has 0 aliphatic rings. The van der Waals surface area contributed by atoms with Crippen LogP contribution >= 0.6 is 0 Å². The van der Waals surface area contributed by atoms with Crippen LogP contribution in [0.25, 0.3) is 16.7 Å². The van der Waals surface area contributed by atoms with Gasteiger partial charge < -0.3 is 9.64 Å². The van der Waals surface area contributed by atoms with Crippen LogP contribution in [0.1, 0.15) is 36.8 Å². The van der Waals surface area contributed by atoms with Crippen molar-refractivity contribution in [1.29, 1.82) is 0 Å². The second-order valence-corrected chi connectivity index (χ2v) is 9.32. The van der Waals surface area contributed by atoms with Gasteiger partial charge in [-0.3, -0.25) is 19.1 Å². The predicted octanol–water partition coefficient (Wildman–Crippen LogP) is 4.51. The molecule has 2 heterocycles. The lowest BCUT2D eigenvalue weighted by molar-refractivity contribution is -0.141. The zero-order valence-electron chi connectivity index (χ0n) is 21.1. The minimum Gasteiger partial charge on any atom is -0.443 e. The summed E-state index contributed by atoms with van der Waals surface area (Å²) in [7, 11) is 4.46. The van der Waals surface area contributed by atoms with Crippen LogP contribution in [0.3, 0.4) is 0 Å². The van der Waals surface area contributed by atoms with Gasteiger partial charge >= 0.3 is 12.3 Å². The van der Waals surface area contributed by atoms with Gasteiger partial charge in [-0.15, -0.1) is 0 Å². The second-order valence-electron chi connectivity index (χ2n) is 9.32. The molecule has 0 saturated heterocycles. The Labute approximate surface area is 210 Å². The molecule has 2 aromatic heterocycles. The van der Waals surface area contributed by atoms with Gasteiger partial charge in [-0.2, -0.15) is 18.2 Å². The summed E-state index contributed by atoms with van der Waals surface area (Å²) in [5, 5.41) is -0.0618. The highest BCUT2D eigenvalue weighted by Crippen LogP contribution is 2.34. The topological polar surface area (TPSA) is 97.1 Å². The Hall–Kier alpha value is -4.22. The fraction of sp³-hybridized carbons (Fsp3) is 0.320. The van der Waals surface area contributed by atoms with Crippen LogP contribution in [0.4, 0.5) is 23.7 Å². The molecule has 9 nitrogen and oxygen atoms in total. The van der Waals surface area contributed by atoms with Gasteiger partial charge in [0.25, 0.3) is 11.5 Å². The number of aromatic nitrogens is 2. The van der Waals surface area contributed by atoms with Crippen LogP contribution in [0.5, 0.6) is 0 Å². The summed E-state index contributed by atoms with van der Waals surface area (Å²) in [4.78, 5) is 49.9. The number of amides is 2. The number of rotatable bonds is 4. The smallest absolute Gasteiger partial charge is 0.433 e. The van der Waals surface area contributed by atoms with E-state index in [1.165, 1.54) is 30.4 Å². The summed E-state index contributed by atoms with van der Waals surface area (Å²) in [5.41, 5.74) is -4.23. The fourth-order valence-corrected chi connectivity index (χ4v) is 3.42. The van der Waals surface area contributed by atoms with Crippen LogP contribution in [-0.4, -0.2) is 59.5 Å². The van der Waals surface area contributed by atoms with E-state index >= 15 is 0 Å². The van der Waals surface area contributed by atoms with Crippen LogP contribution in [-0.2, 0) is 10.9 Å². The summed E-state index contributed by atoms with van der Waals surface area (Å²) < 4.78 is 47.1. The number of carbonyl (C=O) groups excluding carboxylic acids is 2. The Morgan fingerprint density at radius 2 is 1.65 bits per heavy atom. The molecule has 2 amide bonds. The number of anilines is 1. The van der Waals surface area contributed by atoms with Crippen molar-refractivity contribution in [2.24, 2.45) is 4.99 Å². The molecule has 37 heavy (non-hydrogen) atoms. The molecule has 0 aliphatic heterocycles. The third kappa shape index (κ3) is 5.96. The van der Waals surface area contributed by atoms with Crippen molar-refractivity contribution >= 4 is 35.1 Å². The standard InChI is InChI=1S/C25H26F3N5O4/c1-24(2,3)37-23(36)32(6)19-16-12-13-17(25(26,27)28)30-20(16)33(15-10-8-7-9-11-15)22(35)18(19)21(34)29-14-31(4)5/h7-14H,1-6H3. The third-order valence-corrected chi connectivity index (χ3v) is 4.92. The highest BCUT2D eigenvalue weighted by Gasteiger charge is 2.35. The van der Waals surface area contributed by atoms with Crippen molar-refractivity contribution in [3.05, 3.63) is 64.1 Å². The van der Waals surface area contributed by atoms with E-state index in [1.54, 1.807) is 53.1 Å². The number of halogens is 3. The summed E-state index contributed by atoms with van der Waals surface area (Å²) in [6.45, 7) is 4.86. The average Bonchev–Trinajstić information content (AvgIpc) is 2.79. The van der Waals surface area contributed by atoms with Crippen molar-refractivity contribution in [2.75, 3.05) is 26.0 Å². The Kier molecular flexibility index (Phi) is 7.42. The second kappa shape index (κ2) is 10.0. The van der Waals surface area contributed by atoms with Gasteiger partial charge in [0.05, 0.1) is 17.7 Å². The number of alkyl halides is 3. The lowest BCUT2D eigenvalue weighted by atomic mass is 10.1. The fourth-order valence-electron chi connectivity index (χ4n) is 3.42. The Morgan fingerprint density at radius 3 is 2.19 bits per heavy atom. The zero-order chi connectivity index (χ0) is 27.7. The molecular formula is C25H26F3N5O4. The molecule has 0 fully saturated rings. The molecule has 0 bridgehead atoms. The van der Waals surface area contributed by atoms with Gasteiger partial charge in [0.15, 0.2) is 0 Å². The van der Waals surface area contributed by atoms with Gasteiger partial charge in [0.1, 0.15) is 22.5 Å². The summed E-state index contributed by atoms with van der Waals surface area (Å²) in [6, 6.07) is 9.55. The van der Waals surface area contributed by atoms with Gasteiger partial charge in [-0.25, -0.2) is 9.78 Å². The number of benzene rings is 1. The largest absolute Gasteiger partial charge is 0.443 e. The van der Waals surface area contributed by atoms with Crippen LogP contribution < -0.4 is 10.5 Å². The molecule has 0 saturated carbocycles. The van der Waals surface area contributed by atoms with Crippen molar-refractivity contribution in [3.63, 3.8) is 0 Å². The molecule has 0 radical (unpaired) electrons. The minimum absolute atomic E-state index is 0.0618. The van der Waals surface area contributed by atoms with E-state index in [0.717, 1.165) is 15.5 Å². The van der Waals surface area contributed by atoms with Crippen LogP contribution in [0, 0.1) is 0 Å². The molecular weight excluding hydrogens is 491 g/mol. The maximum atomic E-state index is 13.8. The zero-order valence-corrected chi connectivity index (χ0v) is 21.1. The number of carbonyl (C=O) groups is 2. The van der Waals surface area contributed by atoms with Crippen molar-refractivity contribution in [1.82, 2.24) is 14.5 Å². The lowest BCUT2D eigenvalue weighted by Gasteiger charge is -2.27. The van der Waals surface area contributed by atoms with E-state index in [9.17, 15) is 27.6 Å². The predicted molar refractivity (Wildman–Crippen MR) is 133 cm³/mol. The molecule has 0 N–H and O–H groups in total. The number of fused-ring (bicyclic) bond motifs is 1. The Balaban J connectivity index is 2.50. The normalized spacial score (nSPS) is 12.1. The number of aliphatic imine (C=N–C) groups is 1. The monoisotopic (exact) mass is 517 g/mol. The lowest BCUT2D eigenvalue weighted by Crippen LogP contribution is -2.37. The average molecular weight is 518 g/mol. The highest BCUT2D eigenvalue weighted by molar-refractivity contribution is 6.12. The first-order chi connectivity index (χ1) is 17.1. The maximum absolute atomic E-state index is 13.8. The third-order valence-electron chi connectivity index (χ3n) is 4.92. The molecule has 196 valence electrons. The van der Waals surface area contributed by atoms with Crippen molar-refractivity contribution in [3.8, 4) is 5.69 Å². The van der Waals surface area contributed by atoms with E-state index in [2.05, 4.69) is 9.98 Å². The molecule has 3 rings (SSSR count). The first-order valence-electron chi connectivity index (χ1n) is 11.1. The molecule has 3 aromatic rings. The summed E-state index contributed by atoms with van der Waals surface area (Å²) in [5.74, 6) is -1.00. The quantitative estimate of drug-likeness (QED) is 0.373. The number of pyridine rings is 2. The van der Waals surface area contributed by atoms with Crippen LogP contribution in [0.2, 0.25) is 0 Å². The molecule has 0 aliphatic carbocycles. The van der Waals surface area contributed by atoms with E-state index in [-0.39, 0.29) is 16.8 Å². The maximum Gasteiger partial charge on any atom is 0.433 e. The minimum atomic E-state index is -4.81. The first kappa shape index (κ1) is 27.4. The molecule has 0 unspecified atom stereocenters. The van der Waals surface area contributed by atoms with E-state index in [1.807, 2.05) is 0 Å². The Bertz CT molecular complexity index is 1420. The van der Waals surface area contributed by atoms with Gasteiger partial charge in [0.2, 0.25) is 0 Å².